The van der Waals surface area contributed by atoms with Gasteiger partial charge in [-0.3, -0.25) is 0 Å². The van der Waals surface area contributed by atoms with Crippen molar-refractivity contribution in [3.63, 3.8) is 0 Å². The molecule has 0 atom stereocenters. The maximum absolute atomic E-state index is 11.9. The summed E-state index contributed by atoms with van der Waals surface area (Å²) >= 11 is 0. The third-order valence-electron chi connectivity index (χ3n) is 0.824. The van der Waals surface area contributed by atoms with Gasteiger partial charge in [0.1, 0.15) is 0 Å². The van der Waals surface area contributed by atoms with Crippen molar-refractivity contribution in [2.75, 3.05) is 0 Å². The molecule has 1 aromatic carbocycles. The molecule has 0 unspecified atom stereocenters. The van der Waals surface area contributed by atoms with E-state index in [2.05, 4.69) is 0 Å². The van der Waals surface area contributed by atoms with Crippen LogP contribution in [0.25, 0.3) is 0 Å². The largest absolute Gasteiger partial charge is 1.00 e. The molecule has 0 fully saturated rings. The van der Waals surface area contributed by atoms with Crippen molar-refractivity contribution >= 4 is 0 Å². The van der Waals surface area contributed by atoms with Gasteiger partial charge >= 0.3 is 51.4 Å². The van der Waals surface area contributed by atoms with E-state index in [1.165, 1.54) is 12.1 Å². The molecule has 1 aromatic rings. The quantitative estimate of drug-likeness (QED) is 0.424. The van der Waals surface area contributed by atoms with Gasteiger partial charge in [-0.25, -0.2) is 8.78 Å². The van der Waals surface area contributed by atoms with Gasteiger partial charge in [-0.15, -0.1) is 0 Å². The van der Waals surface area contributed by atoms with Gasteiger partial charge < -0.3 is 1.43 Å². The van der Waals surface area contributed by atoms with Crippen molar-refractivity contribution in [3.8, 4) is 0 Å². The van der Waals surface area contributed by atoms with Crippen LogP contribution in [0.5, 0.6) is 0 Å². The van der Waals surface area contributed by atoms with E-state index >= 15 is 0 Å². The third-order valence-corrected chi connectivity index (χ3v) is 0.824. The minimum Gasteiger partial charge on any atom is -1.00 e. The number of hydrogen-bond acceptors (Lipinski definition) is 0. The fourth-order valence-corrected chi connectivity index (χ4v) is 0.439. The van der Waals surface area contributed by atoms with Gasteiger partial charge in [-0.1, -0.05) is 12.1 Å². The van der Waals surface area contributed by atoms with Crippen molar-refractivity contribution in [1.82, 2.24) is 0 Å². The SMILES string of the molecule is Fc1ccccc1F.[H-].[K+]. The van der Waals surface area contributed by atoms with Crippen LogP contribution in [0, 0.1) is 11.6 Å². The smallest absolute Gasteiger partial charge is 1.00 e. The van der Waals surface area contributed by atoms with E-state index in [1.807, 2.05) is 0 Å². The zero-order chi connectivity index (χ0) is 5.98. The molecule has 0 radical (unpaired) electrons. The molecule has 0 heterocycles. The molecule has 44 valence electrons. The van der Waals surface area contributed by atoms with Gasteiger partial charge in [0.2, 0.25) is 0 Å². The molecule has 0 aliphatic rings. The van der Waals surface area contributed by atoms with Gasteiger partial charge in [0, 0.05) is 0 Å². The summed E-state index contributed by atoms with van der Waals surface area (Å²) in [5, 5.41) is 0. The predicted octanol–water partition coefficient (Wildman–Crippen LogP) is -0.919. The van der Waals surface area contributed by atoms with E-state index in [9.17, 15) is 8.78 Å². The molecule has 9 heavy (non-hydrogen) atoms. The molecule has 0 aliphatic heterocycles. The van der Waals surface area contributed by atoms with Crippen molar-refractivity contribution in [3.05, 3.63) is 35.9 Å². The maximum atomic E-state index is 11.9. The molecule has 0 bridgehead atoms. The first-order chi connectivity index (χ1) is 3.80. The van der Waals surface area contributed by atoms with Crippen molar-refractivity contribution in [1.29, 1.82) is 0 Å². The molecule has 0 nitrogen and oxygen atoms in total. The Hall–Kier alpha value is 0.716. The van der Waals surface area contributed by atoms with Crippen LogP contribution in [0.2, 0.25) is 0 Å². The summed E-state index contributed by atoms with van der Waals surface area (Å²) in [6.45, 7) is 0. The number of rotatable bonds is 0. The molecule has 0 amide bonds. The molecule has 3 heteroatoms. The molecule has 0 aliphatic carbocycles. The first kappa shape index (κ1) is 9.72. The van der Waals surface area contributed by atoms with Gasteiger partial charge in [-0.05, 0) is 12.1 Å². The Morgan fingerprint density at radius 3 is 1.56 bits per heavy atom. The van der Waals surface area contributed by atoms with Crippen LogP contribution < -0.4 is 51.4 Å². The second kappa shape index (κ2) is 4.52. The van der Waals surface area contributed by atoms with Crippen LogP contribution in [-0.2, 0) is 0 Å². The minimum absolute atomic E-state index is 0. The Bertz CT molecular complexity index is 172. The second-order valence-corrected chi connectivity index (χ2v) is 1.41. The molecule has 0 aromatic heterocycles. The van der Waals surface area contributed by atoms with E-state index in [1.54, 1.807) is 0 Å². The van der Waals surface area contributed by atoms with Crippen LogP contribution in [0.15, 0.2) is 24.3 Å². The van der Waals surface area contributed by atoms with Gasteiger partial charge in [0.25, 0.3) is 0 Å². The van der Waals surface area contributed by atoms with E-state index in [0.717, 1.165) is 12.1 Å². The van der Waals surface area contributed by atoms with E-state index in [0.29, 0.717) is 0 Å². The normalized spacial score (nSPS) is 8.22. The summed E-state index contributed by atoms with van der Waals surface area (Å²) in [6, 6.07) is 5.04. The fourth-order valence-electron chi connectivity index (χ4n) is 0.439. The Balaban J connectivity index is 0. The van der Waals surface area contributed by atoms with E-state index in [4.69, 9.17) is 0 Å². The van der Waals surface area contributed by atoms with Gasteiger partial charge in [-0.2, -0.15) is 0 Å². The topological polar surface area (TPSA) is 0 Å². The molecule has 0 saturated heterocycles. The monoisotopic (exact) mass is 154 g/mol. The molecular weight excluding hydrogens is 149 g/mol. The molecule has 0 spiro atoms. The predicted molar refractivity (Wildman–Crippen MR) is 27.5 cm³/mol. The summed E-state index contributed by atoms with van der Waals surface area (Å²) < 4.78 is 23.9. The number of hydrogen-bond donors (Lipinski definition) is 0. The Morgan fingerprint density at radius 1 is 1.00 bits per heavy atom. The van der Waals surface area contributed by atoms with Crippen LogP contribution >= 0.6 is 0 Å². The first-order valence-corrected chi connectivity index (χ1v) is 2.21. The average Bonchev–Trinajstić information content (AvgIpc) is 1.77. The molecule has 0 saturated carbocycles. The van der Waals surface area contributed by atoms with Crippen LogP contribution in [-0.4, -0.2) is 0 Å². The van der Waals surface area contributed by atoms with Crippen LogP contribution in [0.1, 0.15) is 1.43 Å². The van der Waals surface area contributed by atoms with Gasteiger partial charge in [0.05, 0.1) is 0 Å². The maximum Gasteiger partial charge on any atom is 1.00 e. The molecule has 0 N–H and O–H groups in total. The van der Waals surface area contributed by atoms with Crippen molar-refractivity contribution in [2.24, 2.45) is 0 Å². The fraction of sp³-hybridized carbons (Fsp3) is 0. The molecular formula is C6H5F2K. The standard InChI is InChI=1S/C6H4F2.K.H/c7-5-3-1-2-4-6(5)8;;/h1-4H;;/q;+1;-1. The van der Waals surface area contributed by atoms with E-state index in [-0.39, 0.29) is 52.8 Å². The average molecular weight is 154 g/mol. The third kappa shape index (κ3) is 2.86. The Morgan fingerprint density at radius 2 is 1.33 bits per heavy atom. The summed E-state index contributed by atoms with van der Waals surface area (Å²) in [5.41, 5.74) is 0. The zero-order valence-electron chi connectivity index (χ0n) is 6.07. The van der Waals surface area contributed by atoms with Crippen LogP contribution in [0.4, 0.5) is 8.78 Å². The summed E-state index contributed by atoms with van der Waals surface area (Å²) in [6.07, 6.45) is 0. The van der Waals surface area contributed by atoms with Gasteiger partial charge in [0.15, 0.2) is 11.6 Å². The second-order valence-electron chi connectivity index (χ2n) is 1.41. The van der Waals surface area contributed by atoms with Crippen molar-refractivity contribution in [2.45, 2.75) is 0 Å². The summed E-state index contributed by atoms with van der Waals surface area (Å²) in [5.74, 6) is -1.60. The first-order valence-electron chi connectivity index (χ1n) is 2.21. The minimum atomic E-state index is -0.799. The van der Waals surface area contributed by atoms with Crippen LogP contribution in [0.3, 0.4) is 0 Å². The summed E-state index contributed by atoms with van der Waals surface area (Å²) in [4.78, 5) is 0. The van der Waals surface area contributed by atoms with Crippen molar-refractivity contribution < 1.29 is 61.6 Å². The summed E-state index contributed by atoms with van der Waals surface area (Å²) in [7, 11) is 0. The Labute approximate surface area is 96.2 Å². The number of halogens is 2. The molecule has 1 rings (SSSR count). The Kier molecular flexibility index (Phi) is 4.88. The van der Waals surface area contributed by atoms with E-state index < -0.39 is 11.6 Å². The number of benzene rings is 1. The zero-order valence-corrected chi connectivity index (χ0v) is 8.19.